The Labute approximate surface area is 193 Å². The Morgan fingerprint density at radius 2 is 1.85 bits per heavy atom. The Hall–Kier alpha value is -2.89. The Bertz CT molecular complexity index is 1040. The van der Waals surface area contributed by atoms with Gasteiger partial charge in [0, 0.05) is 11.5 Å². The van der Waals surface area contributed by atoms with Crippen molar-refractivity contribution < 1.29 is 28.3 Å². The topological polar surface area (TPSA) is 82.8 Å². The van der Waals surface area contributed by atoms with Gasteiger partial charge in [0.1, 0.15) is 6.10 Å². The van der Waals surface area contributed by atoms with Gasteiger partial charge < -0.3 is 13.9 Å². The van der Waals surface area contributed by atoms with Crippen molar-refractivity contribution in [3.05, 3.63) is 60.1 Å². The van der Waals surface area contributed by atoms with Crippen molar-refractivity contribution >= 4 is 17.7 Å². The number of fused-ring (bicyclic) bond motifs is 3. The number of Topliss-reactive ketones (excluding diaryl/α,β-unsaturated/α-hetero) is 1. The number of rotatable bonds is 4. The van der Waals surface area contributed by atoms with E-state index in [-0.39, 0.29) is 41.4 Å². The van der Waals surface area contributed by atoms with Crippen LogP contribution in [0.3, 0.4) is 0 Å². The van der Waals surface area contributed by atoms with E-state index in [0.29, 0.717) is 19.3 Å². The minimum Gasteiger partial charge on any atom is -0.472 e. The standard InChI is InChI=1S/C27H30O6/c1-26-11-8-19-25(30)33-21(18-10-13-31-16-18)15-27(19,2)24(26)23(29)20(9-12-26)32-22(28)14-17-6-4-3-5-7-17/h3-7,10,13,16,19-21,24H,8-9,11-12,14-15H2,1-2H3/t19-,20+,21+,24+,26-,27+/m1/s1. The average Bonchev–Trinajstić information content (AvgIpc) is 3.31. The molecule has 33 heavy (non-hydrogen) atoms. The van der Waals surface area contributed by atoms with Crippen molar-refractivity contribution in [1.29, 1.82) is 0 Å². The van der Waals surface area contributed by atoms with E-state index in [9.17, 15) is 14.4 Å². The SMILES string of the molecule is C[C@@]12CC[C@H](OC(=O)Cc3ccccc3)C(=O)[C@@H]1[C@@]1(C)C[C@@H](c3ccoc3)OC(=O)[C@H]1CC2. The molecule has 174 valence electrons. The summed E-state index contributed by atoms with van der Waals surface area (Å²) in [4.78, 5) is 39.5. The van der Waals surface area contributed by atoms with Crippen LogP contribution in [-0.2, 0) is 30.3 Å². The molecule has 3 aliphatic rings. The van der Waals surface area contributed by atoms with Crippen LogP contribution < -0.4 is 0 Å². The first-order valence-corrected chi connectivity index (χ1v) is 11.8. The van der Waals surface area contributed by atoms with Crippen LogP contribution in [-0.4, -0.2) is 23.8 Å². The quantitative estimate of drug-likeness (QED) is 0.621. The van der Waals surface area contributed by atoms with Crippen LogP contribution in [0.25, 0.3) is 0 Å². The third-order valence-electron chi connectivity index (χ3n) is 8.28. The predicted octanol–water partition coefficient (Wildman–Crippen LogP) is 4.82. The molecule has 2 heterocycles. The van der Waals surface area contributed by atoms with E-state index in [0.717, 1.165) is 24.0 Å². The van der Waals surface area contributed by atoms with Gasteiger partial charge in [-0.05, 0) is 54.6 Å². The highest BCUT2D eigenvalue weighted by Crippen LogP contribution is 2.63. The Morgan fingerprint density at radius 1 is 1.09 bits per heavy atom. The molecule has 1 aromatic carbocycles. The van der Waals surface area contributed by atoms with Crippen molar-refractivity contribution in [2.75, 3.05) is 0 Å². The van der Waals surface area contributed by atoms with Crippen LogP contribution in [0.15, 0.2) is 53.3 Å². The van der Waals surface area contributed by atoms with Gasteiger partial charge >= 0.3 is 11.9 Å². The fraction of sp³-hybridized carbons (Fsp3) is 0.519. The summed E-state index contributed by atoms with van der Waals surface area (Å²) in [6.07, 6.45) is 5.49. The molecular formula is C27H30O6. The van der Waals surface area contributed by atoms with Gasteiger partial charge in [-0.1, -0.05) is 44.2 Å². The van der Waals surface area contributed by atoms with Gasteiger partial charge in [-0.15, -0.1) is 0 Å². The molecular weight excluding hydrogens is 420 g/mol. The summed E-state index contributed by atoms with van der Waals surface area (Å²) in [5.74, 6) is -1.37. The third kappa shape index (κ3) is 3.79. The van der Waals surface area contributed by atoms with Crippen molar-refractivity contribution in [3.8, 4) is 0 Å². The Kier molecular flexibility index (Phi) is 5.42. The molecule has 2 aliphatic carbocycles. The van der Waals surface area contributed by atoms with Crippen LogP contribution in [0, 0.1) is 22.7 Å². The second-order valence-corrected chi connectivity index (χ2v) is 10.5. The van der Waals surface area contributed by atoms with Crippen molar-refractivity contribution in [3.63, 3.8) is 0 Å². The van der Waals surface area contributed by atoms with E-state index in [1.165, 1.54) is 0 Å². The average molecular weight is 451 g/mol. The van der Waals surface area contributed by atoms with Crippen molar-refractivity contribution in [2.24, 2.45) is 22.7 Å². The number of hydrogen-bond donors (Lipinski definition) is 0. The second kappa shape index (κ2) is 8.15. The molecule has 0 bridgehead atoms. The summed E-state index contributed by atoms with van der Waals surface area (Å²) >= 11 is 0. The first-order chi connectivity index (χ1) is 15.8. The zero-order valence-electron chi connectivity index (χ0n) is 19.1. The van der Waals surface area contributed by atoms with Crippen molar-refractivity contribution in [1.82, 2.24) is 0 Å². The lowest BCUT2D eigenvalue weighted by atomic mass is 9.45. The van der Waals surface area contributed by atoms with E-state index in [2.05, 4.69) is 13.8 Å². The summed E-state index contributed by atoms with van der Waals surface area (Å²) in [6, 6.07) is 11.2. The third-order valence-corrected chi connectivity index (χ3v) is 8.28. The van der Waals surface area contributed by atoms with E-state index < -0.39 is 17.6 Å². The highest BCUT2D eigenvalue weighted by atomic mass is 16.6. The highest BCUT2D eigenvalue weighted by Gasteiger charge is 2.64. The molecule has 3 fully saturated rings. The van der Waals surface area contributed by atoms with Gasteiger partial charge in [-0.25, -0.2) is 0 Å². The predicted molar refractivity (Wildman–Crippen MR) is 119 cm³/mol. The molecule has 6 atom stereocenters. The second-order valence-electron chi connectivity index (χ2n) is 10.5. The molecule has 1 saturated heterocycles. The van der Waals surface area contributed by atoms with E-state index in [1.807, 2.05) is 30.3 Å². The van der Waals surface area contributed by atoms with E-state index >= 15 is 0 Å². The normalized spacial score (nSPS) is 35.8. The number of ether oxygens (including phenoxy) is 2. The lowest BCUT2D eigenvalue weighted by Crippen LogP contribution is -2.61. The first kappa shape index (κ1) is 21.9. The monoisotopic (exact) mass is 450 g/mol. The van der Waals surface area contributed by atoms with Crippen LogP contribution >= 0.6 is 0 Å². The number of benzene rings is 1. The molecule has 2 saturated carbocycles. The molecule has 0 amide bonds. The molecule has 5 rings (SSSR count). The van der Waals surface area contributed by atoms with Gasteiger partial charge in [0.05, 0.1) is 24.9 Å². The van der Waals surface area contributed by atoms with Gasteiger partial charge in [0.2, 0.25) is 0 Å². The summed E-state index contributed by atoms with van der Waals surface area (Å²) < 4.78 is 16.7. The summed E-state index contributed by atoms with van der Waals surface area (Å²) in [5.41, 5.74) is 0.886. The minimum absolute atomic E-state index is 0.0435. The van der Waals surface area contributed by atoms with E-state index in [1.54, 1.807) is 18.6 Å². The maximum atomic E-state index is 13.9. The molecule has 6 heteroatoms. The fourth-order valence-corrected chi connectivity index (χ4v) is 6.71. The van der Waals surface area contributed by atoms with Crippen LogP contribution in [0.5, 0.6) is 0 Å². The summed E-state index contributed by atoms with van der Waals surface area (Å²) in [7, 11) is 0. The summed E-state index contributed by atoms with van der Waals surface area (Å²) in [6.45, 7) is 4.21. The maximum absolute atomic E-state index is 13.9. The van der Waals surface area contributed by atoms with Crippen molar-refractivity contribution in [2.45, 2.75) is 64.6 Å². The molecule has 1 aliphatic heterocycles. The first-order valence-electron chi connectivity index (χ1n) is 11.8. The number of carbonyl (C=O) groups excluding carboxylic acids is 3. The smallest absolute Gasteiger partial charge is 0.310 e. The van der Waals surface area contributed by atoms with Gasteiger partial charge in [-0.3, -0.25) is 14.4 Å². The molecule has 2 aromatic rings. The van der Waals surface area contributed by atoms with Crippen LogP contribution in [0.1, 0.15) is 63.2 Å². The fourth-order valence-electron chi connectivity index (χ4n) is 6.71. The van der Waals surface area contributed by atoms with Gasteiger partial charge in [0.15, 0.2) is 11.9 Å². The Morgan fingerprint density at radius 3 is 2.58 bits per heavy atom. The molecule has 0 N–H and O–H groups in total. The molecule has 0 unspecified atom stereocenters. The van der Waals surface area contributed by atoms with E-state index in [4.69, 9.17) is 13.9 Å². The molecule has 0 spiro atoms. The number of carbonyl (C=O) groups is 3. The minimum atomic E-state index is -0.764. The summed E-state index contributed by atoms with van der Waals surface area (Å²) in [5, 5.41) is 0. The van der Waals surface area contributed by atoms with Crippen LogP contribution in [0.4, 0.5) is 0 Å². The number of ketones is 1. The zero-order valence-corrected chi connectivity index (χ0v) is 19.1. The highest BCUT2D eigenvalue weighted by molar-refractivity contribution is 5.91. The molecule has 6 nitrogen and oxygen atoms in total. The van der Waals surface area contributed by atoms with Gasteiger partial charge in [-0.2, -0.15) is 0 Å². The molecule has 0 radical (unpaired) electrons. The zero-order chi connectivity index (χ0) is 23.2. The number of cyclic esters (lactones) is 1. The number of furan rings is 1. The molecule has 1 aromatic heterocycles. The lowest BCUT2D eigenvalue weighted by Gasteiger charge is -2.59. The van der Waals surface area contributed by atoms with Crippen LogP contribution in [0.2, 0.25) is 0 Å². The number of esters is 2. The Balaban J connectivity index is 1.39. The number of hydrogen-bond acceptors (Lipinski definition) is 6. The largest absolute Gasteiger partial charge is 0.472 e. The lowest BCUT2D eigenvalue weighted by molar-refractivity contribution is -0.201. The van der Waals surface area contributed by atoms with Gasteiger partial charge in [0.25, 0.3) is 0 Å². The maximum Gasteiger partial charge on any atom is 0.310 e.